The number of nitrogens with zero attached hydrogens (tertiary/aromatic N) is 1. The number of carboxylic acids is 1. The van der Waals surface area contributed by atoms with Gasteiger partial charge in [-0.1, -0.05) is 0 Å². The molecule has 0 bridgehead atoms. The number of carbonyl (C=O) groups is 3. The Morgan fingerprint density at radius 1 is 1.23 bits per heavy atom. The molecule has 26 heavy (non-hydrogen) atoms. The quantitative estimate of drug-likeness (QED) is 0.615. The van der Waals surface area contributed by atoms with Crippen molar-refractivity contribution in [2.75, 3.05) is 19.6 Å². The first kappa shape index (κ1) is 19.9. The normalized spacial score (nSPS) is 17.8. The first-order valence-corrected chi connectivity index (χ1v) is 9.47. The van der Waals surface area contributed by atoms with Crippen LogP contribution in [-0.2, 0) is 19.6 Å². The van der Waals surface area contributed by atoms with Crippen LogP contribution in [-0.4, -0.2) is 61.3 Å². The number of benzene rings is 1. The summed E-state index contributed by atoms with van der Waals surface area (Å²) in [6.07, 6.45) is 0. The van der Waals surface area contributed by atoms with Gasteiger partial charge in [0.2, 0.25) is 15.9 Å². The highest BCUT2D eigenvalue weighted by Gasteiger charge is 2.29. The topological polar surface area (TPSA) is 133 Å². The molecule has 10 heteroatoms. The van der Waals surface area contributed by atoms with Gasteiger partial charge in [-0.25, -0.2) is 8.42 Å². The van der Waals surface area contributed by atoms with E-state index in [0.29, 0.717) is 0 Å². The molecule has 1 fully saturated rings. The van der Waals surface area contributed by atoms with E-state index in [0.717, 1.165) is 4.31 Å². The Labute approximate surface area is 151 Å². The van der Waals surface area contributed by atoms with Gasteiger partial charge in [-0.05, 0) is 38.1 Å². The van der Waals surface area contributed by atoms with Crippen molar-refractivity contribution in [1.82, 2.24) is 14.9 Å². The number of carbonyl (C=O) groups excluding carboxylic acids is 2. The number of hydrogen-bond donors (Lipinski definition) is 3. The molecule has 0 radical (unpaired) electrons. The Bertz CT molecular complexity index is 806. The second-order valence-corrected chi connectivity index (χ2v) is 8.04. The summed E-state index contributed by atoms with van der Waals surface area (Å²) in [5.74, 6) is -2.64. The van der Waals surface area contributed by atoms with Gasteiger partial charge in [-0.3, -0.25) is 14.4 Å². The standard InChI is InChI=1S/C16H21N3O6S/c1-10(16(22)23)11(2)18-15(21)12-3-5-13(6-4-12)26(24,25)19-8-7-17-14(20)9-19/h3-6,10-11H,7-9H2,1-2H3,(H,17,20)(H,18,21)(H,22,23). The maximum Gasteiger partial charge on any atom is 0.308 e. The number of hydrogen-bond acceptors (Lipinski definition) is 5. The van der Waals surface area contributed by atoms with Crippen LogP contribution in [0.2, 0.25) is 0 Å². The van der Waals surface area contributed by atoms with Crippen molar-refractivity contribution >= 4 is 27.8 Å². The Morgan fingerprint density at radius 3 is 2.38 bits per heavy atom. The van der Waals surface area contributed by atoms with Crippen LogP contribution < -0.4 is 10.6 Å². The first-order chi connectivity index (χ1) is 12.1. The van der Waals surface area contributed by atoms with E-state index in [9.17, 15) is 22.8 Å². The predicted octanol–water partition coefficient (Wildman–Crippen LogP) is -0.354. The van der Waals surface area contributed by atoms with Crippen LogP contribution in [0.25, 0.3) is 0 Å². The largest absolute Gasteiger partial charge is 0.481 e. The van der Waals surface area contributed by atoms with Gasteiger partial charge in [0.05, 0.1) is 17.4 Å². The summed E-state index contributed by atoms with van der Waals surface area (Å²) in [5.41, 5.74) is 0.213. The van der Waals surface area contributed by atoms with Gasteiger partial charge < -0.3 is 15.7 Å². The van der Waals surface area contributed by atoms with E-state index < -0.39 is 33.9 Å². The average molecular weight is 383 g/mol. The van der Waals surface area contributed by atoms with Crippen molar-refractivity contribution in [3.05, 3.63) is 29.8 Å². The van der Waals surface area contributed by atoms with Gasteiger partial charge in [0.15, 0.2) is 0 Å². The van der Waals surface area contributed by atoms with Crippen LogP contribution in [0.5, 0.6) is 0 Å². The lowest BCUT2D eigenvalue weighted by atomic mass is 10.0. The van der Waals surface area contributed by atoms with E-state index >= 15 is 0 Å². The predicted molar refractivity (Wildman–Crippen MR) is 91.9 cm³/mol. The Morgan fingerprint density at radius 2 is 1.85 bits per heavy atom. The Hall–Kier alpha value is -2.46. The molecule has 3 N–H and O–H groups in total. The van der Waals surface area contributed by atoms with Crippen LogP contribution in [0.15, 0.2) is 29.2 Å². The molecule has 2 unspecified atom stereocenters. The molecule has 1 heterocycles. The zero-order valence-corrected chi connectivity index (χ0v) is 15.2. The van der Waals surface area contributed by atoms with Crippen molar-refractivity contribution in [1.29, 1.82) is 0 Å². The minimum Gasteiger partial charge on any atom is -0.481 e. The summed E-state index contributed by atoms with van der Waals surface area (Å²) in [7, 11) is -3.82. The first-order valence-electron chi connectivity index (χ1n) is 8.03. The smallest absolute Gasteiger partial charge is 0.308 e. The second kappa shape index (κ2) is 7.83. The molecule has 142 valence electrons. The molecule has 0 aromatic heterocycles. The fraction of sp³-hybridized carbons (Fsp3) is 0.438. The molecule has 0 spiro atoms. The van der Waals surface area contributed by atoms with Gasteiger partial charge >= 0.3 is 5.97 Å². The molecule has 1 aromatic carbocycles. The Kier molecular flexibility index (Phi) is 5.98. The highest BCUT2D eigenvalue weighted by molar-refractivity contribution is 7.89. The number of aliphatic carboxylic acids is 1. The summed E-state index contributed by atoms with van der Waals surface area (Å²) in [5, 5.41) is 14.1. The van der Waals surface area contributed by atoms with Crippen LogP contribution >= 0.6 is 0 Å². The van der Waals surface area contributed by atoms with Gasteiger partial charge in [0, 0.05) is 24.7 Å². The number of nitrogens with one attached hydrogen (secondary N) is 2. The fourth-order valence-corrected chi connectivity index (χ4v) is 3.77. The summed E-state index contributed by atoms with van der Waals surface area (Å²) >= 11 is 0. The van der Waals surface area contributed by atoms with Crippen LogP contribution in [0.4, 0.5) is 0 Å². The number of rotatable bonds is 6. The average Bonchev–Trinajstić information content (AvgIpc) is 2.60. The van der Waals surface area contributed by atoms with Crippen molar-refractivity contribution in [2.24, 2.45) is 5.92 Å². The van der Waals surface area contributed by atoms with E-state index in [1.165, 1.54) is 31.2 Å². The lowest BCUT2D eigenvalue weighted by Crippen LogP contribution is -2.49. The second-order valence-electron chi connectivity index (χ2n) is 6.10. The van der Waals surface area contributed by atoms with Crippen molar-refractivity contribution < 1.29 is 27.9 Å². The lowest BCUT2D eigenvalue weighted by molar-refractivity contribution is -0.141. The lowest BCUT2D eigenvalue weighted by Gasteiger charge is -2.25. The SMILES string of the molecule is CC(NC(=O)c1ccc(S(=O)(=O)N2CCNC(=O)C2)cc1)C(C)C(=O)O. The van der Waals surface area contributed by atoms with Crippen molar-refractivity contribution in [2.45, 2.75) is 24.8 Å². The molecule has 9 nitrogen and oxygen atoms in total. The molecule has 1 aromatic rings. The van der Waals surface area contributed by atoms with E-state index in [1.54, 1.807) is 6.92 Å². The van der Waals surface area contributed by atoms with E-state index in [1.807, 2.05) is 0 Å². The highest BCUT2D eigenvalue weighted by Crippen LogP contribution is 2.17. The van der Waals surface area contributed by atoms with Crippen LogP contribution in [0, 0.1) is 5.92 Å². The van der Waals surface area contributed by atoms with Crippen molar-refractivity contribution in [3.8, 4) is 0 Å². The molecule has 2 rings (SSSR count). The summed E-state index contributed by atoms with van der Waals surface area (Å²) in [6, 6.07) is 4.70. The molecule has 1 aliphatic rings. The van der Waals surface area contributed by atoms with Gasteiger partial charge in [-0.2, -0.15) is 4.31 Å². The zero-order valence-electron chi connectivity index (χ0n) is 14.4. The molecule has 1 saturated heterocycles. The van der Waals surface area contributed by atoms with Gasteiger partial charge in [0.1, 0.15) is 0 Å². The van der Waals surface area contributed by atoms with Crippen LogP contribution in [0.3, 0.4) is 0 Å². The fourth-order valence-electron chi connectivity index (χ4n) is 2.38. The zero-order chi connectivity index (χ0) is 19.5. The summed E-state index contributed by atoms with van der Waals surface area (Å²) < 4.78 is 26.2. The van der Waals surface area contributed by atoms with E-state index in [2.05, 4.69) is 10.6 Å². The summed E-state index contributed by atoms with van der Waals surface area (Å²) in [4.78, 5) is 34.5. The van der Waals surface area contributed by atoms with Gasteiger partial charge in [-0.15, -0.1) is 0 Å². The minimum absolute atomic E-state index is 0.0179. The maximum absolute atomic E-state index is 12.5. The molecule has 2 atom stereocenters. The molecular formula is C16H21N3O6S. The van der Waals surface area contributed by atoms with Crippen molar-refractivity contribution in [3.63, 3.8) is 0 Å². The van der Waals surface area contributed by atoms with Crippen LogP contribution in [0.1, 0.15) is 24.2 Å². The third kappa shape index (κ3) is 4.38. The Balaban J connectivity index is 2.11. The van der Waals surface area contributed by atoms with E-state index in [-0.39, 0.29) is 36.0 Å². The van der Waals surface area contributed by atoms with Gasteiger partial charge in [0.25, 0.3) is 5.91 Å². The third-order valence-electron chi connectivity index (χ3n) is 4.26. The van der Waals surface area contributed by atoms with E-state index in [4.69, 9.17) is 5.11 Å². The molecule has 2 amide bonds. The third-order valence-corrected chi connectivity index (χ3v) is 6.12. The number of amides is 2. The number of carboxylic acid groups (broad SMARTS) is 1. The minimum atomic E-state index is -3.82. The summed E-state index contributed by atoms with van der Waals surface area (Å²) in [6.45, 7) is 3.25. The molecular weight excluding hydrogens is 362 g/mol. The maximum atomic E-state index is 12.5. The molecule has 0 aliphatic carbocycles. The number of piperazine rings is 1. The molecule has 1 aliphatic heterocycles. The monoisotopic (exact) mass is 383 g/mol. The highest BCUT2D eigenvalue weighted by atomic mass is 32.2. The number of sulfonamides is 1. The molecule has 0 saturated carbocycles.